The lowest BCUT2D eigenvalue weighted by molar-refractivity contribution is -0.137. The fraction of sp³-hybridized carbons (Fsp3) is 0.611. The number of hydrogen-bond acceptors (Lipinski definition) is 7. The Morgan fingerprint density at radius 2 is 1.70 bits per heavy atom. The Bertz CT molecular complexity index is 654. The van der Waals surface area contributed by atoms with E-state index in [4.69, 9.17) is 15.6 Å². The smallest absolute Gasteiger partial charge is 0.389 e. The van der Waals surface area contributed by atoms with Crippen LogP contribution in [0.5, 0.6) is 0 Å². The van der Waals surface area contributed by atoms with Gasteiger partial charge in [-0.1, -0.05) is 32.0 Å². The summed E-state index contributed by atoms with van der Waals surface area (Å²) in [7, 11) is -4.21. The Labute approximate surface area is 162 Å². The molecule has 0 saturated heterocycles. The van der Waals surface area contributed by atoms with Crippen LogP contribution in [-0.4, -0.2) is 49.8 Å². The predicted molar refractivity (Wildman–Crippen MR) is 105 cm³/mol. The summed E-state index contributed by atoms with van der Waals surface area (Å²) in [4.78, 5) is 10.7. The van der Waals surface area contributed by atoms with Crippen molar-refractivity contribution in [3.8, 4) is 0 Å². The van der Waals surface area contributed by atoms with Crippen LogP contribution in [0.4, 0.5) is 5.69 Å². The highest BCUT2D eigenvalue weighted by molar-refractivity contribution is 7.84. The van der Waals surface area contributed by atoms with Crippen molar-refractivity contribution in [2.24, 2.45) is 0 Å². The van der Waals surface area contributed by atoms with Gasteiger partial charge >= 0.3 is 16.3 Å². The molecule has 0 aliphatic heterocycles. The van der Waals surface area contributed by atoms with E-state index in [2.05, 4.69) is 36.2 Å². The van der Waals surface area contributed by atoms with Crippen molar-refractivity contribution in [1.29, 1.82) is 0 Å². The summed E-state index contributed by atoms with van der Waals surface area (Å²) in [6.07, 6.45) is 2.05. The van der Waals surface area contributed by atoms with E-state index in [0.29, 0.717) is 6.61 Å². The number of rotatable bonds is 9. The minimum atomic E-state index is -4.21. The molecule has 1 aromatic rings. The van der Waals surface area contributed by atoms with E-state index < -0.39 is 28.9 Å². The van der Waals surface area contributed by atoms with Crippen LogP contribution in [0.3, 0.4) is 0 Å². The molecule has 0 aliphatic carbocycles. The van der Waals surface area contributed by atoms with Gasteiger partial charge in [0.1, 0.15) is 13.3 Å². The molecule has 0 aromatic heterocycles. The quantitative estimate of drug-likeness (QED) is 0.476. The lowest BCUT2D eigenvalue weighted by atomic mass is 10.0. The number of anilines is 1. The molecular weight excluding hydrogens is 372 g/mol. The maximum absolute atomic E-state index is 11.5. The first-order chi connectivity index (χ1) is 12.6. The molecule has 0 heterocycles. The van der Waals surface area contributed by atoms with E-state index in [0.717, 1.165) is 22.8 Å². The van der Waals surface area contributed by atoms with Crippen molar-refractivity contribution in [3.05, 3.63) is 29.3 Å². The van der Waals surface area contributed by atoms with E-state index >= 15 is 0 Å². The van der Waals surface area contributed by atoms with Gasteiger partial charge in [-0.05, 0) is 44.7 Å². The normalized spacial score (nSPS) is 11.3. The fourth-order valence-corrected chi connectivity index (χ4v) is 3.23. The second-order valence-corrected chi connectivity index (χ2v) is 7.36. The number of aliphatic hydroxyl groups is 1. The van der Waals surface area contributed by atoms with Crippen LogP contribution in [0.25, 0.3) is 0 Å². The molecule has 0 aliphatic rings. The highest BCUT2D eigenvalue weighted by Crippen LogP contribution is 2.17. The summed E-state index contributed by atoms with van der Waals surface area (Å²) in [6, 6.07) is 5.85. The number of nitrogen functional groups attached to an aromatic ring is 1. The first-order valence-corrected chi connectivity index (χ1v) is 10.3. The summed E-state index contributed by atoms with van der Waals surface area (Å²) >= 11 is 0. The van der Waals surface area contributed by atoms with Crippen LogP contribution >= 0.6 is 0 Å². The van der Waals surface area contributed by atoms with Crippen molar-refractivity contribution in [1.82, 2.24) is 4.31 Å². The average Bonchev–Trinajstić information content (AvgIpc) is 2.61. The van der Waals surface area contributed by atoms with Crippen LogP contribution in [0.15, 0.2) is 18.2 Å². The van der Waals surface area contributed by atoms with E-state index in [9.17, 15) is 13.2 Å². The molecular formula is C18H32N2O6S. The minimum Gasteiger partial charge on any atom is -0.398 e. The molecule has 0 radical (unpaired) electrons. The molecule has 27 heavy (non-hydrogen) atoms. The SMILES string of the molecule is CCOCN(C(C)C)S(=O)(=O)OC(=O)CO.CCc1cccc(CC)c1N. The maximum atomic E-state index is 11.5. The molecule has 8 nitrogen and oxygen atoms in total. The number of carbonyl (C=O) groups is 1. The number of nitrogens with two attached hydrogens (primary N) is 1. The molecule has 0 unspecified atom stereocenters. The van der Waals surface area contributed by atoms with Gasteiger partial charge in [0.15, 0.2) is 0 Å². The zero-order valence-corrected chi connectivity index (χ0v) is 17.6. The van der Waals surface area contributed by atoms with Crippen LogP contribution in [0, 0.1) is 0 Å². The third-order valence-electron chi connectivity index (χ3n) is 3.66. The Kier molecular flexibility index (Phi) is 11.9. The van der Waals surface area contributed by atoms with E-state index in [1.807, 2.05) is 0 Å². The van der Waals surface area contributed by atoms with Crippen LogP contribution in [0.1, 0.15) is 45.7 Å². The number of ether oxygens (including phenoxy) is 1. The van der Waals surface area contributed by atoms with Gasteiger partial charge in [0.2, 0.25) is 0 Å². The first kappa shape index (κ1) is 25.3. The molecule has 1 aromatic carbocycles. The zero-order valence-electron chi connectivity index (χ0n) is 16.8. The summed E-state index contributed by atoms with van der Waals surface area (Å²) < 4.78 is 33.0. The summed E-state index contributed by atoms with van der Waals surface area (Å²) in [6.45, 7) is 8.36. The largest absolute Gasteiger partial charge is 0.398 e. The molecule has 0 bridgehead atoms. The van der Waals surface area contributed by atoms with E-state index in [1.165, 1.54) is 11.1 Å². The van der Waals surface area contributed by atoms with Crippen molar-refractivity contribution in [2.75, 3.05) is 25.7 Å². The number of para-hydroxylation sites is 1. The number of aliphatic hydroxyl groups excluding tert-OH is 1. The van der Waals surface area contributed by atoms with Crippen molar-refractivity contribution < 1.29 is 27.2 Å². The summed E-state index contributed by atoms with van der Waals surface area (Å²) in [5.74, 6) is -1.22. The van der Waals surface area contributed by atoms with Crippen LogP contribution in [0.2, 0.25) is 0 Å². The van der Waals surface area contributed by atoms with Gasteiger partial charge in [0.25, 0.3) is 0 Å². The van der Waals surface area contributed by atoms with Crippen LogP contribution < -0.4 is 5.73 Å². The predicted octanol–water partition coefficient (Wildman–Crippen LogP) is 1.86. The third-order valence-corrected chi connectivity index (χ3v) is 5.16. The molecule has 0 spiro atoms. The second kappa shape index (κ2) is 12.7. The van der Waals surface area contributed by atoms with Gasteiger partial charge in [0, 0.05) is 18.3 Å². The number of carbonyl (C=O) groups excluding carboxylic acids is 1. The van der Waals surface area contributed by atoms with Gasteiger partial charge in [-0.2, -0.15) is 8.42 Å². The number of benzene rings is 1. The van der Waals surface area contributed by atoms with Crippen molar-refractivity contribution in [3.63, 3.8) is 0 Å². The van der Waals surface area contributed by atoms with Crippen LogP contribution in [-0.2, 0) is 36.9 Å². The fourth-order valence-electron chi connectivity index (χ4n) is 2.13. The van der Waals surface area contributed by atoms with Gasteiger partial charge in [-0.25, -0.2) is 4.79 Å². The molecule has 1 rings (SSSR count). The Balaban J connectivity index is 0.000000533. The third kappa shape index (κ3) is 8.70. The highest BCUT2D eigenvalue weighted by atomic mass is 32.2. The molecule has 0 fully saturated rings. The van der Waals surface area contributed by atoms with Crippen molar-refractivity contribution >= 4 is 22.0 Å². The van der Waals surface area contributed by atoms with Gasteiger partial charge in [0.05, 0.1) is 0 Å². The molecule has 0 amide bonds. The zero-order chi connectivity index (χ0) is 21.0. The minimum absolute atomic E-state index is 0.199. The van der Waals surface area contributed by atoms with Gasteiger partial charge in [-0.15, -0.1) is 4.31 Å². The summed E-state index contributed by atoms with van der Waals surface area (Å²) in [5, 5.41) is 8.41. The molecule has 156 valence electrons. The van der Waals surface area contributed by atoms with E-state index in [-0.39, 0.29) is 6.73 Å². The van der Waals surface area contributed by atoms with Gasteiger partial charge in [-0.3, -0.25) is 0 Å². The Hall–Kier alpha value is -1.68. The molecule has 0 atom stereocenters. The lowest BCUT2D eigenvalue weighted by Gasteiger charge is -2.23. The topological polar surface area (TPSA) is 119 Å². The number of aryl methyl sites for hydroxylation is 2. The standard InChI is InChI=1S/C10H15N.C8H17NO6S/c1-3-8-6-5-7-9(4-2)10(8)11;1-4-14-6-9(7(2)3)16(12,13)15-8(11)5-10/h5-7H,3-4,11H2,1-2H3;7,10H,4-6H2,1-3H3. The number of hydrogen-bond donors (Lipinski definition) is 2. The maximum Gasteiger partial charge on any atom is 0.389 e. The second-order valence-electron chi connectivity index (χ2n) is 5.87. The molecule has 9 heteroatoms. The monoisotopic (exact) mass is 404 g/mol. The molecule has 0 saturated carbocycles. The highest BCUT2D eigenvalue weighted by Gasteiger charge is 2.28. The number of nitrogens with zero attached hydrogens (tertiary/aromatic N) is 1. The summed E-state index contributed by atoms with van der Waals surface area (Å²) in [5.41, 5.74) is 9.42. The first-order valence-electron chi connectivity index (χ1n) is 8.93. The van der Waals surface area contributed by atoms with E-state index in [1.54, 1.807) is 20.8 Å². The Morgan fingerprint density at radius 3 is 2.07 bits per heavy atom. The van der Waals surface area contributed by atoms with Gasteiger partial charge < -0.3 is 19.8 Å². The Morgan fingerprint density at radius 1 is 1.19 bits per heavy atom. The average molecular weight is 405 g/mol. The molecule has 3 N–H and O–H groups in total. The van der Waals surface area contributed by atoms with Crippen molar-refractivity contribution in [2.45, 2.75) is 53.5 Å². The lowest BCUT2D eigenvalue weighted by Crippen LogP contribution is -2.41.